The molecule has 0 atom stereocenters. The van der Waals surface area contributed by atoms with E-state index in [2.05, 4.69) is 5.32 Å². The van der Waals surface area contributed by atoms with Crippen LogP contribution in [0.5, 0.6) is 0 Å². The molecule has 108 valence electrons. The van der Waals surface area contributed by atoms with E-state index >= 15 is 0 Å². The summed E-state index contributed by atoms with van der Waals surface area (Å²) in [6.45, 7) is 7.79. The van der Waals surface area contributed by atoms with Gasteiger partial charge in [0.05, 0.1) is 0 Å². The van der Waals surface area contributed by atoms with Crippen LogP contribution in [0.3, 0.4) is 0 Å². The maximum absolute atomic E-state index is 12.1. The van der Waals surface area contributed by atoms with E-state index < -0.39 is 11.7 Å². The van der Waals surface area contributed by atoms with Crippen molar-refractivity contribution in [3.8, 4) is 0 Å². The fourth-order valence-electron chi connectivity index (χ4n) is 2.38. The van der Waals surface area contributed by atoms with E-state index in [4.69, 9.17) is 0 Å². The Bertz CT molecular complexity index is 677. The molecule has 0 aliphatic rings. The fourth-order valence-corrected chi connectivity index (χ4v) is 2.38. The van der Waals surface area contributed by atoms with Gasteiger partial charge in [-0.05, 0) is 38.8 Å². The van der Waals surface area contributed by atoms with Crippen LogP contribution < -0.4 is 5.32 Å². The van der Waals surface area contributed by atoms with Gasteiger partial charge in [-0.3, -0.25) is 9.59 Å². The van der Waals surface area contributed by atoms with Gasteiger partial charge in [-0.15, -0.1) is 0 Å². The molecule has 2 aromatic rings. The molecule has 0 spiro atoms. The lowest BCUT2D eigenvalue weighted by atomic mass is 10.0. The zero-order chi connectivity index (χ0) is 15.6. The molecule has 1 amide bonds. The van der Waals surface area contributed by atoms with Crippen LogP contribution in [-0.4, -0.2) is 11.7 Å². The highest BCUT2D eigenvalue weighted by Gasteiger charge is 2.17. The fraction of sp³-hybridized carbons (Fsp3) is 0.222. The number of anilines is 1. The van der Waals surface area contributed by atoms with E-state index in [9.17, 15) is 9.59 Å². The minimum atomic E-state index is -0.603. The Morgan fingerprint density at radius 1 is 0.810 bits per heavy atom. The van der Waals surface area contributed by atoms with Crippen LogP contribution in [0.25, 0.3) is 0 Å². The number of hydrogen-bond donors (Lipinski definition) is 1. The first-order valence-corrected chi connectivity index (χ1v) is 6.88. The van der Waals surface area contributed by atoms with Crippen molar-refractivity contribution < 1.29 is 9.59 Å². The quantitative estimate of drug-likeness (QED) is 0.688. The molecule has 2 rings (SSSR count). The standard InChI is InChI=1S/C18H19NO2/c1-11-5-7-15(8-6-11)17(20)18(21)19-16-13(3)9-12(2)10-14(16)4/h5-10H,1-4H3,(H,19,21). The Labute approximate surface area is 125 Å². The summed E-state index contributed by atoms with van der Waals surface area (Å²) >= 11 is 0. The second-order valence-corrected chi connectivity index (χ2v) is 5.42. The third-order valence-corrected chi connectivity index (χ3v) is 3.44. The molecule has 0 heterocycles. The van der Waals surface area contributed by atoms with Crippen molar-refractivity contribution in [2.75, 3.05) is 5.32 Å². The van der Waals surface area contributed by atoms with E-state index in [0.717, 1.165) is 22.3 Å². The molecular weight excluding hydrogens is 262 g/mol. The first kappa shape index (κ1) is 15.0. The number of carbonyl (C=O) groups is 2. The zero-order valence-electron chi connectivity index (χ0n) is 12.8. The lowest BCUT2D eigenvalue weighted by molar-refractivity contribution is -0.112. The molecule has 0 aromatic heterocycles. The van der Waals surface area contributed by atoms with Crippen LogP contribution in [0.1, 0.15) is 32.6 Å². The average Bonchev–Trinajstić information content (AvgIpc) is 2.42. The van der Waals surface area contributed by atoms with Crippen molar-refractivity contribution in [3.63, 3.8) is 0 Å². The topological polar surface area (TPSA) is 46.2 Å². The Morgan fingerprint density at radius 2 is 1.33 bits per heavy atom. The summed E-state index contributed by atoms with van der Waals surface area (Å²) in [4.78, 5) is 24.3. The molecule has 0 saturated heterocycles. The van der Waals surface area contributed by atoms with Crippen molar-refractivity contribution >= 4 is 17.4 Å². The van der Waals surface area contributed by atoms with Crippen LogP contribution in [-0.2, 0) is 4.79 Å². The largest absolute Gasteiger partial charge is 0.319 e. The number of aryl methyl sites for hydroxylation is 4. The van der Waals surface area contributed by atoms with Gasteiger partial charge >= 0.3 is 0 Å². The Kier molecular flexibility index (Phi) is 4.22. The number of Topliss-reactive ketones (excluding diaryl/α,β-unsaturated/α-hetero) is 1. The molecule has 0 fully saturated rings. The van der Waals surface area contributed by atoms with Crippen molar-refractivity contribution in [2.24, 2.45) is 0 Å². The predicted molar refractivity (Wildman–Crippen MR) is 84.8 cm³/mol. The SMILES string of the molecule is Cc1ccc(C(=O)C(=O)Nc2c(C)cc(C)cc2C)cc1. The third kappa shape index (κ3) is 3.37. The first-order valence-electron chi connectivity index (χ1n) is 6.88. The maximum atomic E-state index is 12.1. The van der Waals surface area contributed by atoms with E-state index in [-0.39, 0.29) is 0 Å². The molecule has 0 radical (unpaired) electrons. The highest BCUT2D eigenvalue weighted by Crippen LogP contribution is 2.22. The molecule has 1 N–H and O–H groups in total. The summed E-state index contributed by atoms with van der Waals surface area (Å²) in [6.07, 6.45) is 0. The van der Waals surface area contributed by atoms with E-state index in [1.165, 1.54) is 0 Å². The van der Waals surface area contributed by atoms with Crippen LogP contribution in [0.2, 0.25) is 0 Å². The van der Waals surface area contributed by atoms with Crippen molar-refractivity contribution in [3.05, 3.63) is 64.2 Å². The molecule has 0 aliphatic carbocycles. The first-order chi connectivity index (χ1) is 9.88. The van der Waals surface area contributed by atoms with Gasteiger partial charge < -0.3 is 5.32 Å². The normalized spacial score (nSPS) is 10.3. The van der Waals surface area contributed by atoms with Gasteiger partial charge in [0.15, 0.2) is 0 Å². The van der Waals surface area contributed by atoms with E-state index in [1.807, 2.05) is 52.0 Å². The summed E-state index contributed by atoms with van der Waals surface area (Å²) in [5, 5.41) is 2.73. The molecule has 3 nitrogen and oxygen atoms in total. The number of carbonyl (C=O) groups excluding carboxylic acids is 2. The molecule has 2 aromatic carbocycles. The van der Waals surface area contributed by atoms with Crippen LogP contribution in [0.15, 0.2) is 36.4 Å². The number of amides is 1. The molecule has 3 heteroatoms. The molecule has 0 saturated carbocycles. The van der Waals surface area contributed by atoms with Gasteiger partial charge in [-0.25, -0.2) is 0 Å². The second kappa shape index (κ2) is 5.92. The molecule has 21 heavy (non-hydrogen) atoms. The Balaban J connectivity index is 2.22. The minimum Gasteiger partial charge on any atom is -0.319 e. The van der Waals surface area contributed by atoms with Gasteiger partial charge in [0, 0.05) is 11.3 Å². The smallest absolute Gasteiger partial charge is 0.296 e. The molecule has 0 unspecified atom stereocenters. The third-order valence-electron chi connectivity index (χ3n) is 3.44. The minimum absolute atomic E-state index is 0.403. The van der Waals surface area contributed by atoms with Crippen LogP contribution >= 0.6 is 0 Å². The maximum Gasteiger partial charge on any atom is 0.296 e. The number of nitrogens with one attached hydrogen (secondary N) is 1. The number of rotatable bonds is 3. The summed E-state index contributed by atoms with van der Waals surface area (Å²) in [5.41, 5.74) is 5.21. The Morgan fingerprint density at radius 3 is 1.86 bits per heavy atom. The Hall–Kier alpha value is -2.42. The van der Waals surface area contributed by atoms with Crippen molar-refractivity contribution in [1.29, 1.82) is 0 Å². The van der Waals surface area contributed by atoms with Crippen LogP contribution in [0.4, 0.5) is 5.69 Å². The summed E-state index contributed by atoms with van der Waals surface area (Å²) in [7, 11) is 0. The lowest BCUT2D eigenvalue weighted by Crippen LogP contribution is -2.23. The van der Waals surface area contributed by atoms with Gasteiger partial charge in [0.1, 0.15) is 0 Å². The summed E-state index contributed by atoms with van der Waals surface area (Å²) in [6, 6.07) is 11.0. The number of benzene rings is 2. The van der Waals surface area contributed by atoms with Crippen LogP contribution in [0, 0.1) is 27.7 Å². The molecular formula is C18H19NO2. The van der Waals surface area contributed by atoms with Crippen molar-refractivity contribution in [1.82, 2.24) is 0 Å². The van der Waals surface area contributed by atoms with E-state index in [1.54, 1.807) is 12.1 Å². The van der Waals surface area contributed by atoms with Gasteiger partial charge in [-0.2, -0.15) is 0 Å². The second-order valence-electron chi connectivity index (χ2n) is 5.42. The van der Waals surface area contributed by atoms with Gasteiger partial charge in [0.2, 0.25) is 0 Å². The lowest BCUT2D eigenvalue weighted by Gasteiger charge is -2.12. The highest BCUT2D eigenvalue weighted by molar-refractivity contribution is 6.46. The molecule has 0 bridgehead atoms. The number of ketones is 1. The monoisotopic (exact) mass is 281 g/mol. The van der Waals surface area contributed by atoms with Crippen molar-refractivity contribution in [2.45, 2.75) is 27.7 Å². The highest BCUT2D eigenvalue weighted by atomic mass is 16.2. The van der Waals surface area contributed by atoms with Gasteiger partial charge in [-0.1, -0.05) is 47.5 Å². The summed E-state index contributed by atoms with van der Waals surface area (Å²) in [5.74, 6) is -1.12. The number of hydrogen-bond acceptors (Lipinski definition) is 2. The summed E-state index contributed by atoms with van der Waals surface area (Å²) < 4.78 is 0. The van der Waals surface area contributed by atoms with Gasteiger partial charge in [0.25, 0.3) is 11.7 Å². The predicted octanol–water partition coefficient (Wildman–Crippen LogP) is 3.74. The van der Waals surface area contributed by atoms with E-state index in [0.29, 0.717) is 11.3 Å². The molecule has 0 aliphatic heterocycles. The average molecular weight is 281 g/mol. The zero-order valence-corrected chi connectivity index (χ0v) is 12.8.